The van der Waals surface area contributed by atoms with Crippen molar-refractivity contribution in [2.45, 2.75) is 6.92 Å². The van der Waals surface area contributed by atoms with E-state index >= 15 is 0 Å². The summed E-state index contributed by atoms with van der Waals surface area (Å²) in [5.74, 6) is -4.02. The van der Waals surface area contributed by atoms with E-state index in [0.29, 0.717) is 0 Å². The number of benzene rings is 1. The Bertz CT molecular complexity index is 479. The van der Waals surface area contributed by atoms with Crippen molar-refractivity contribution in [2.24, 2.45) is 5.92 Å². The summed E-state index contributed by atoms with van der Waals surface area (Å²) in [7, 11) is 0. The highest BCUT2D eigenvalue weighted by molar-refractivity contribution is 6.02. The molecule has 0 fully saturated rings. The molecular weight excluding hydrogens is 240 g/mol. The first kappa shape index (κ1) is 13.7. The summed E-state index contributed by atoms with van der Waals surface area (Å²) >= 11 is 0. The van der Waals surface area contributed by atoms with E-state index in [-0.39, 0.29) is 17.7 Å². The van der Waals surface area contributed by atoms with Crippen molar-refractivity contribution in [2.75, 3.05) is 6.61 Å². The van der Waals surface area contributed by atoms with Crippen LogP contribution in [0.15, 0.2) is 24.3 Å². The van der Waals surface area contributed by atoms with Gasteiger partial charge in [-0.05, 0) is 19.1 Å². The molecule has 0 spiro atoms. The van der Waals surface area contributed by atoms with Crippen LogP contribution in [0.2, 0.25) is 0 Å². The van der Waals surface area contributed by atoms with Gasteiger partial charge in [0.05, 0.1) is 17.0 Å². The lowest BCUT2D eigenvalue weighted by molar-refractivity contribution is -0.142. The molecule has 6 heteroatoms. The summed E-state index contributed by atoms with van der Waals surface area (Å²) < 4.78 is 4.76. The Balaban J connectivity index is 2.79. The highest BCUT2D eigenvalue weighted by Crippen LogP contribution is 2.11. The molecule has 0 amide bonds. The fourth-order valence-electron chi connectivity index (χ4n) is 1.20. The maximum Gasteiger partial charge on any atom is 0.339 e. The quantitative estimate of drug-likeness (QED) is 0.765. The van der Waals surface area contributed by atoms with Crippen LogP contribution in [0.3, 0.4) is 0 Å². The second-order valence-electron chi connectivity index (χ2n) is 3.69. The van der Waals surface area contributed by atoms with E-state index in [1.54, 1.807) is 0 Å². The largest absolute Gasteiger partial charge is 0.481 e. The van der Waals surface area contributed by atoms with Gasteiger partial charge >= 0.3 is 17.9 Å². The Morgan fingerprint density at radius 3 is 2.22 bits per heavy atom. The number of carbonyl (C=O) groups excluding carboxylic acids is 1. The second kappa shape index (κ2) is 5.81. The first-order valence-electron chi connectivity index (χ1n) is 5.15. The minimum atomic E-state index is -1.24. The smallest absolute Gasteiger partial charge is 0.339 e. The number of aliphatic carboxylic acids is 1. The lowest BCUT2D eigenvalue weighted by Gasteiger charge is -2.09. The minimum absolute atomic E-state index is 0.0948. The standard InChI is InChI=1S/C12H12O6/c1-7(10(13)14)6-18-12(17)9-5-3-2-4-8(9)11(15)16/h2-5,7H,6H2,1H3,(H,13,14)(H,15,16). The zero-order chi connectivity index (χ0) is 13.7. The van der Waals surface area contributed by atoms with Crippen molar-refractivity contribution in [3.8, 4) is 0 Å². The Morgan fingerprint density at radius 1 is 1.17 bits per heavy atom. The summed E-state index contributed by atoms with van der Waals surface area (Å²) in [5, 5.41) is 17.5. The van der Waals surface area contributed by atoms with Gasteiger partial charge < -0.3 is 14.9 Å². The molecule has 2 N–H and O–H groups in total. The van der Waals surface area contributed by atoms with E-state index < -0.39 is 23.8 Å². The van der Waals surface area contributed by atoms with Gasteiger partial charge in [-0.1, -0.05) is 12.1 Å². The second-order valence-corrected chi connectivity index (χ2v) is 3.69. The van der Waals surface area contributed by atoms with Crippen LogP contribution in [-0.2, 0) is 9.53 Å². The monoisotopic (exact) mass is 252 g/mol. The van der Waals surface area contributed by atoms with Crippen LogP contribution in [0.1, 0.15) is 27.6 Å². The SMILES string of the molecule is CC(COC(=O)c1ccccc1C(=O)O)C(=O)O. The van der Waals surface area contributed by atoms with Gasteiger partial charge in [-0.25, -0.2) is 9.59 Å². The predicted octanol–water partition coefficient (Wildman–Crippen LogP) is 1.26. The number of ether oxygens (including phenoxy) is 1. The third kappa shape index (κ3) is 3.31. The molecule has 1 aromatic rings. The highest BCUT2D eigenvalue weighted by Gasteiger charge is 2.19. The maximum absolute atomic E-state index is 11.6. The predicted molar refractivity (Wildman–Crippen MR) is 60.5 cm³/mol. The van der Waals surface area contributed by atoms with Gasteiger partial charge in [0.25, 0.3) is 0 Å². The zero-order valence-electron chi connectivity index (χ0n) is 9.62. The number of hydrogen-bond acceptors (Lipinski definition) is 4. The van der Waals surface area contributed by atoms with Crippen molar-refractivity contribution in [1.29, 1.82) is 0 Å². The number of hydrogen-bond donors (Lipinski definition) is 2. The zero-order valence-corrected chi connectivity index (χ0v) is 9.62. The molecule has 0 aliphatic carbocycles. The molecule has 1 unspecified atom stereocenters. The number of carboxylic acid groups (broad SMARTS) is 2. The molecule has 0 heterocycles. The van der Waals surface area contributed by atoms with Crippen LogP contribution in [0.25, 0.3) is 0 Å². The summed E-state index contributed by atoms with van der Waals surface area (Å²) in [6.45, 7) is 1.08. The van der Waals surface area contributed by atoms with Crippen molar-refractivity contribution >= 4 is 17.9 Å². The first-order chi connectivity index (χ1) is 8.43. The number of rotatable bonds is 5. The van der Waals surface area contributed by atoms with E-state index in [4.69, 9.17) is 14.9 Å². The molecular formula is C12H12O6. The fourth-order valence-corrected chi connectivity index (χ4v) is 1.20. The van der Waals surface area contributed by atoms with E-state index in [0.717, 1.165) is 0 Å². The molecule has 0 bridgehead atoms. The fraction of sp³-hybridized carbons (Fsp3) is 0.250. The Hall–Kier alpha value is -2.37. The van der Waals surface area contributed by atoms with E-state index in [2.05, 4.69) is 0 Å². The van der Waals surface area contributed by atoms with Gasteiger partial charge in [0.15, 0.2) is 0 Å². The molecule has 96 valence electrons. The lowest BCUT2D eigenvalue weighted by atomic mass is 10.1. The van der Waals surface area contributed by atoms with Crippen molar-refractivity contribution in [3.05, 3.63) is 35.4 Å². The van der Waals surface area contributed by atoms with Crippen LogP contribution in [0.4, 0.5) is 0 Å². The van der Waals surface area contributed by atoms with E-state index in [1.165, 1.54) is 31.2 Å². The third-order valence-corrected chi connectivity index (χ3v) is 2.26. The van der Waals surface area contributed by atoms with E-state index in [1.807, 2.05) is 0 Å². The van der Waals surface area contributed by atoms with Crippen molar-refractivity contribution < 1.29 is 29.3 Å². The van der Waals surface area contributed by atoms with Crippen LogP contribution in [-0.4, -0.2) is 34.7 Å². The average Bonchev–Trinajstić information content (AvgIpc) is 2.35. The summed E-state index contributed by atoms with van der Waals surface area (Å²) in [5.41, 5.74) is -0.270. The van der Waals surface area contributed by atoms with Gasteiger partial charge in [0.2, 0.25) is 0 Å². The molecule has 1 atom stereocenters. The minimum Gasteiger partial charge on any atom is -0.481 e. The lowest BCUT2D eigenvalue weighted by Crippen LogP contribution is -2.20. The molecule has 0 aromatic heterocycles. The topological polar surface area (TPSA) is 101 Å². The van der Waals surface area contributed by atoms with Gasteiger partial charge in [0.1, 0.15) is 6.61 Å². The van der Waals surface area contributed by atoms with Gasteiger partial charge in [-0.2, -0.15) is 0 Å². The first-order valence-corrected chi connectivity index (χ1v) is 5.15. The molecule has 18 heavy (non-hydrogen) atoms. The molecule has 0 saturated heterocycles. The van der Waals surface area contributed by atoms with E-state index in [9.17, 15) is 14.4 Å². The molecule has 0 aliphatic heterocycles. The van der Waals surface area contributed by atoms with Crippen LogP contribution < -0.4 is 0 Å². The van der Waals surface area contributed by atoms with Crippen LogP contribution >= 0.6 is 0 Å². The summed E-state index contributed by atoms with van der Waals surface area (Å²) in [6, 6.07) is 5.58. The number of carboxylic acids is 2. The van der Waals surface area contributed by atoms with Gasteiger partial charge in [-0.15, -0.1) is 0 Å². The Labute approximate surface area is 103 Å². The van der Waals surface area contributed by atoms with Gasteiger partial charge in [0, 0.05) is 0 Å². The van der Waals surface area contributed by atoms with Crippen molar-refractivity contribution in [3.63, 3.8) is 0 Å². The highest BCUT2D eigenvalue weighted by atomic mass is 16.5. The number of aromatic carboxylic acids is 1. The van der Waals surface area contributed by atoms with Gasteiger partial charge in [-0.3, -0.25) is 4.79 Å². The maximum atomic E-state index is 11.6. The molecule has 1 aromatic carbocycles. The van der Waals surface area contributed by atoms with Crippen LogP contribution in [0, 0.1) is 5.92 Å². The summed E-state index contributed by atoms with van der Waals surface area (Å²) in [4.78, 5) is 33.0. The number of esters is 1. The average molecular weight is 252 g/mol. The third-order valence-electron chi connectivity index (χ3n) is 2.26. The normalized spacial score (nSPS) is 11.6. The molecule has 6 nitrogen and oxygen atoms in total. The molecule has 0 aliphatic rings. The Morgan fingerprint density at radius 2 is 1.72 bits per heavy atom. The molecule has 0 radical (unpaired) electrons. The van der Waals surface area contributed by atoms with Crippen molar-refractivity contribution in [1.82, 2.24) is 0 Å². The number of carbonyl (C=O) groups is 3. The van der Waals surface area contributed by atoms with Crippen LogP contribution in [0.5, 0.6) is 0 Å². The Kier molecular flexibility index (Phi) is 4.42. The molecule has 0 saturated carbocycles. The molecule has 1 rings (SSSR count). The summed E-state index contributed by atoms with van der Waals surface area (Å²) in [6.07, 6.45) is 0.